The first kappa shape index (κ1) is 20.2. The minimum Gasteiger partial charge on any atom is -0.454 e. The van der Waals surface area contributed by atoms with Gasteiger partial charge in [0.15, 0.2) is 16.7 Å². The van der Waals surface area contributed by atoms with Crippen molar-refractivity contribution >= 4 is 27.8 Å². The normalized spacial score (nSPS) is 16.2. The zero-order valence-corrected chi connectivity index (χ0v) is 19.1. The summed E-state index contributed by atoms with van der Waals surface area (Å²) in [6.07, 6.45) is 2.24. The Morgan fingerprint density at radius 3 is 2.77 bits per heavy atom. The second-order valence-electron chi connectivity index (χ2n) is 8.25. The molecule has 0 radical (unpaired) electrons. The van der Waals surface area contributed by atoms with Gasteiger partial charge < -0.3 is 14.4 Å². The Hall–Kier alpha value is -2.73. The minimum absolute atomic E-state index is 0.299. The number of aliphatic imine (C=N–C) groups is 1. The van der Waals surface area contributed by atoms with Crippen LogP contribution in [0.2, 0.25) is 0 Å². The quantitative estimate of drug-likeness (QED) is 0.473. The standard InChI is InChI=1S/C25H27N3O2S/c1-4-5-8-26-25-28(13-18-6-7-22-23(11-18)30-15-29-22)14-20-12-19-9-16(2)17(3)10-21(19)27-24(20)31-25/h6-7,9-12H,4-5,8,13-15H2,1-3H3. The number of benzene rings is 2. The van der Waals surface area contributed by atoms with Gasteiger partial charge >= 0.3 is 0 Å². The number of pyridine rings is 1. The molecule has 2 aromatic carbocycles. The van der Waals surface area contributed by atoms with E-state index in [1.54, 1.807) is 11.8 Å². The SMILES string of the molecule is CCCCN=C1Sc2nc3cc(C)c(C)cc3cc2CN1Cc1ccc2c(c1)OCO2. The van der Waals surface area contributed by atoms with Crippen molar-refractivity contribution < 1.29 is 9.47 Å². The van der Waals surface area contributed by atoms with Crippen molar-refractivity contribution in [3.63, 3.8) is 0 Å². The molecule has 3 heterocycles. The van der Waals surface area contributed by atoms with E-state index in [0.29, 0.717) is 6.79 Å². The largest absolute Gasteiger partial charge is 0.454 e. The molecule has 0 bridgehead atoms. The molecule has 2 aliphatic heterocycles. The van der Waals surface area contributed by atoms with E-state index < -0.39 is 0 Å². The molecule has 0 spiro atoms. The molecule has 0 N–H and O–H groups in total. The van der Waals surface area contributed by atoms with Gasteiger partial charge in [0.25, 0.3) is 0 Å². The Bertz CT molecular complexity index is 1180. The molecular formula is C25H27N3O2S. The summed E-state index contributed by atoms with van der Waals surface area (Å²) in [6.45, 7) is 9.23. The van der Waals surface area contributed by atoms with Gasteiger partial charge in [0.2, 0.25) is 6.79 Å². The lowest BCUT2D eigenvalue weighted by Crippen LogP contribution is -2.32. The number of fused-ring (bicyclic) bond motifs is 3. The molecule has 0 atom stereocenters. The molecule has 0 unspecified atom stereocenters. The predicted molar refractivity (Wildman–Crippen MR) is 126 cm³/mol. The summed E-state index contributed by atoms with van der Waals surface area (Å²) in [5, 5.41) is 3.33. The number of ether oxygens (including phenoxy) is 2. The number of nitrogens with zero attached hydrogens (tertiary/aromatic N) is 3. The molecule has 1 aromatic heterocycles. The lowest BCUT2D eigenvalue weighted by Gasteiger charge is -2.31. The Labute approximate surface area is 187 Å². The zero-order chi connectivity index (χ0) is 21.4. The van der Waals surface area contributed by atoms with E-state index in [2.05, 4.69) is 56.0 Å². The van der Waals surface area contributed by atoms with E-state index in [1.807, 2.05) is 6.07 Å². The fourth-order valence-electron chi connectivity index (χ4n) is 3.94. The van der Waals surface area contributed by atoms with Crippen LogP contribution in [0.3, 0.4) is 0 Å². The van der Waals surface area contributed by atoms with Crippen LogP contribution in [0.1, 0.15) is 42.0 Å². The maximum absolute atomic E-state index is 5.57. The summed E-state index contributed by atoms with van der Waals surface area (Å²) in [6, 6.07) is 12.9. The molecule has 2 aliphatic rings. The van der Waals surface area contributed by atoms with Crippen LogP contribution in [-0.4, -0.2) is 28.4 Å². The van der Waals surface area contributed by atoms with E-state index in [1.165, 1.54) is 27.6 Å². The van der Waals surface area contributed by atoms with Crippen molar-refractivity contribution in [1.82, 2.24) is 9.88 Å². The van der Waals surface area contributed by atoms with E-state index >= 15 is 0 Å². The van der Waals surface area contributed by atoms with Gasteiger partial charge in [0.05, 0.1) is 5.52 Å². The molecular weight excluding hydrogens is 406 g/mol. The summed E-state index contributed by atoms with van der Waals surface area (Å²) >= 11 is 1.69. The number of aromatic nitrogens is 1. The third-order valence-electron chi connectivity index (χ3n) is 5.86. The molecule has 0 aliphatic carbocycles. The highest BCUT2D eigenvalue weighted by molar-refractivity contribution is 8.13. The van der Waals surface area contributed by atoms with Crippen molar-refractivity contribution in [3.8, 4) is 11.5 Å². The van der Waals surface area contributed by atoms with Gasteiger partial charge in [-0.05, 0) is 79.1 Å². The summed E-state index contributed by atoms with van der Waals surface area (Å²) in [5.41, 5.74) is 6.10. The third kappa shape index (κ3) is 4.09. The Morgan fingerprint density at radius 1 is 1.06 bits per heavy atom. The van der Waals surface area contributed by atoms with Gasteiger partial charge in [-0.3, -0.25) is 4.99 Å². The minimum atomic E-state index is 0.299. The van der Waals surface area contributed by atoms with Crippen molar-refractivity contribution in [2.45, 2.75) is 51.7 Å². The van der Waals surface area contributed by atoms with Crippen molar-refractivity contribution in [3.05, 3.63) is 58.7 Å². The predicted octanol–water partition coefficient (Wildman–Crippen LogP) is 5.84. The van der Waals surface area contributed by atoms with E-state index in [-0.39, 0.29) is 0 Å². The average Bonchev–Trinajstić information content (AvgIpc) is 3.22. The summed E-state index contributed by atoms with van der Waals surface area (Å²) in [5.74, 6) is 1.64. The second-order valence-corrected chi connectivity index (χ2v) is 9.20. The zero-order valence-electron chi connectivity index (χ0n) is 18.3. The smallest absolute Gasteiger partial charge is 0.231 e. The van der Waals surface area contributed by atoms with Crippen LogP contribution >= 0.6 is 11.8 Å². The van der Waals surface area contributed by atoms with Crippen LogP contribution in [0.15, 0.2) is 46.4 Å². The monoisotopic (exact) mass is 433 g/mol. The van der Waals surface area contributed by atoms with Crippen molar-refractivity contribution in [2.75, 3.05) is 13.3 Å². The van der Waals surface area contributed by atoms with Crippen LogP contribution in [0, 0.1) is 13.8 Å². The number of rotatable bonds is 5. The van der Waals surface area contributed by atoms with Gasteiger partial charge in [0.1, 0.15) is 5.03 Å². The summed E-state index contributed by atoms with van der Waals surface area (Å²) < 4.78 is 11.0. The number of unbranched alkanes of at least 4 members (excludes halogenated alkanes) is 1. The molecule has 31 heavy (non-hydrogen) atoms. The maximum Gasteiger partial charge on any atom is 0.231 e. The molecule has 0 amide bonds. The van der Waals surface area contributed by atoms with Crippen LogP contribution in [0.4, 0.5) is 0 Å². The Kier molecular flexibility index (Phi) is 5.48. The van der Waals surface area contributed by atoms with Crippen molar-refractivity contribution in [2.24, 2.45) is 4.99 Å². The highest BCUT2D eigenvalue weighted by atomic mass is 32.2. The fraction of sp³-hybridized carbons (Fsp3) is 0.360. The molecule has 160 valence electrons. The molecule has 5 nitrogen and oxygen atoms in total. The Morgan fingerprint density at radius 2 is 1.90 bits per heavy atom. The molecule has 0 fully saturated rings. The summed E-state index contributed by atoms with van der Waals surface area (Å²) in [4.78, 5) is 12.3. The molecule has 6 heteroatoms. The van der Waals surface area contributed by atoms with Crippen molar-refractivity contribution in [1.29, 1.82) is 0 Å². The molecule has 0 saturated heterocycles. The number of hydrogen-bond acceptors (Lipinski definition) is 5. The second kappa shape index (κ2) is 8.42. The van der Waals surface area contributed by atoms with Gasteiger partial charge in [0, 0.05) is 30.6 Å². The molecule has 3 aromatic rings. The van der Waals surface area contributed by atoms with Crippen LogP contribution < -0.4 is 9.47 Å². The van der Waals surface area contributed by atoms with Gasteiger partial charge in [-0.2, -0.15) is 0 Å². The topological polar surface area (TPSA) is 47.0 Å². The van der Waals surface area contributed by atoms with E-state index in [4.69, 9.17) is 19.5 Å². The number of hydrogen-bond donors (Lipinski definition) is 0. The Balaban J connectivity index is 1.48. The third-order valence-corrected chi connectivity index (χ3v) is 6.97. The lowest BCUT2D eigenvalue weighted by molar-refractivity contribution is 0.174. The number of thioether (sulfide) groups is 1. The molecule has 0 saturated carbocycles. The highest BCUT2D eigenvalue weighted by Crippen LogP contribution is 2.36. The average molecular weight is 434 g/mol. The van der Waals surface area contributed by atoms with Crippen LogP contribution in [0.25, 0.3) is 10.9 Å². The maximum atomic E-state index is 5.57. The van der Waals surface area contributed by atoms with Crippen LogP contribution in [-0.2, 0) is 13.1 Å². The number of aryl methyl sites for hydroxylation is 2. The lowest BCUT2D eigenvalue weighted by atomic mass is 10.0. The van der Waals surface area contributed by atoms with Gasteiger partial charge in [-0.1, -0.05) is 19.4 Å². The first-order valence-corrected chi connectivity index (χ1v) is 11.7. The molecule has 5 rings (SSSR count). The van der Waals surface area contributed by atoms with E-state index in [0.717, 1.165) is 59.7 Å². The first-order chi connectivity index (χ1) is 15.1. The van der Waals surface area contributed by atoms with E-state index in [9.17, 15) is 0 Å². The van der Waals surface area contributed by atoms with Gasteiger partial charge in [-0.25, -0.2) is 4.98 Å². The number of amidine groups is 1. The highest BCUT2D eigenvalue weighted by Gasteiger charge is 2.25. The fourth-order valence-corrected chi connectivity index (χ4v) is 4.93. The summed E-state index contributed by atoms with van der Waals surface area (Å²) in [7, 11) is 0. The van der Waals surface area contributed by atoms with Crippen LogP contribution in [0.5, 0.6) is 11.5 Å². The first-order valence-electron chi connectivity index (χ1n) is 10.9. The van der Waals surface area contributed by atoms with Gasteiger partial charge in [-0.15, -0.1) is 0 Å².